The molecule has 2 nitrogen and oxygen atoms in total. The Balaban J connectivity index is 0.00000231. The van der Waals surface area contributed by atoms with Gasteiger partial charge in [-0.3, -0.25) is 9.80 Å². The molecule has 0 bridgehead atoms. The summed E-state index contributed by atoms with van der Waals surface area (Å²) in [6, 6.07) is 28.3. The summed E-state index contributed by atoms with van der Waals surface area (Å²) in [5.41, 5.74) is 8.98. The number of hydrogen-bond donors (Lipinski definition) is 0. The van der Waals surface area contributed by atoms with E-state index in [1.54, 1.807) is 0 Å². The molecule has 3 aromatic rings. The quantitative estimate of drug-likeness (QED) is 0.525. The highest BCUT2D eigenvalue weighted by Crippen LogP contribution is 2.33. The van der Waals surface area contributed by atoms with Crippen molar-refractivity contribution >= 4 is 12.4 Å². The van der Waals surface area contributed by atoms with Crippen molar-refractivity contribution in [2.24, 2.45) is 0 Å². The Morgan fingerprint density at radius 1 is 0.645 bits per heavy atom. The van der Waals surface area contributed by atoms with E-state index in [-0.39, 0.29) is 12.4 Å². The molecule has 31 heavy (non-hydrogen) atoms. The number of benzene rings is 3. The third-order valence-electron chi connectivity index (χ3n) is 7.21. The molecule has 2 aliphatic rings. The minimum absolute atomic E-state index is 0. The predicted molar refractivity (Wildman–Crippen MR) is 132 cm³/mol. The van der Waals surface area contributed by atoms with Crippen molar-refractivity contribution < 1.29 is 0 Å². The number of nitrogens with zero attached hydrogens (tertiary/aromatic N) is 2. The Morgan fingerprint density at radius 3 is 1.58 bits per heavy atom. The predicted octanol–water partition coefficient (Wildman–Crippen LogP) is 5.65. The first-order valence-electron chi connectivity index (χ1n) is 11.3. The number of fused-ring (bicyclic) bond motifs is 2. The van der Waals surface area contributed by atoms with E-state index in [9.17, 15) is 0 Å². The zero-order chi connectivity index (χ0) is 20.5. The van der Waals surface area contributed by atoms with E-state index in [2.05, 4.69) is 96.7 Å². The first-order valence-corrected chi connectivity index (χ1v) is 11.3. The minimum Gasteiger partial charge on any atom is -0.299 e. The average Bonchev–Trinajstić information content (AvgIpc) is 2.78. The Labute approximate surface area is 193 Å². The lowest BCUT2D eigenvalue weighted by atomic mass is 9.87. The first-order chi connectivity index (χ1) is 14.7. The van der Waals surface area contributed by atoms with E-state index in [0.717, 1.165) is 38.8 Å². The minimum atomic E-state index is 0. The molecule has 162 valence electrons. The molecular weight excluding hydrogens is 400 g/mol. The Bertz CT molecular complexity index is 952. The van der Waals surface area contributed by atoms with Crippen LogP contribution in [0, 0.1) is 0 Å². The fourth-order valence-corrected chi connectivity index (χ4v) is 5.42. The molecule has 0 amide bonds. The highest BCUT2D eigenvalue weighted by atomic mass is 35.5. The van der Waals surface area contributed by atoms with Gasteiger partial charge >= 0.3 is 0 Å². The molecule has 2 heterocycles. The topological polar surface area (TPSA) is 6.48 Å². The van der Waals surface area contributed by atoms with Gasteiger partial charge in [-0.1, -0.05) is 72.8 Å². The summed E-state index contributed by atoms with van der Waals surface area (Å²) < 4.78 is 0. The van der Waals surface area contributed by atoms with Crippen LogP contribution in [0.1, 0.15) is 45.5 Å². The van der Waals surface area contributed by atoms with Gasteiger partial charge < -0.3 is 0 Å². The van der Waals surface area contributed by atoms with Gasteiger partial charge in [-0.15, -0.1) is 12.4 Å². The maximum Gasteiger partial charge on any atom is 0.0388 e. The zero-order valence-electron chi connectivity index (χ0n) is 18.6. The molecule has 2 unspecified atom stereocenters. The fraction of sp³-hybridized carbons (Fsp3) is 0.357. The Morgan fingerprint density at radius 2 is 1.10 bits per heavy atom. The van der Waals surface area contributed by atoms with Crippen molar-refractivity contribution in [3.63, 3.8) is 0 Å². The summed E-state index contributed by atoms with van der Waals surface area (Å²) in [4.78, 5) is 5.06. The Kier molecular flexibility index (Phi) is 6.81. The highest BCUT2D eigenvalue weighted by molar-refractivity contribution is 5.85. The molecule has 0 radical (unpaired) electrons. The van der Waals surface area contributed by atoms with Crippen molar-refractivity contribution in [3.05, 3.63) is 106 Å². The van der Waals surface area contributed by atoms with Crippen molar-refractivity contribution in [1.29, 1.82) is 0 Å². The van der Waals surface area contributed by atoms with Gasteiger partial charge in [0.25, 0.3) is 0 Å². The van der Waals surface area contributed by atoms with Crippen molar-refractivity contribution in [2.75, 3.05) is 27.2 Å². The Hall–Kier alpha value is -2.13. The second kappa shape index (κ2) is 9.56. The van der Waals surface area contributed by atoms with Crippen LogP contribution in [0.4, 0.5) is 0 Å². The molecule has 3 aromatic carbocycles. The summed E-state index contributed by atoms with van der Waals surface area (Å²) in [5, 5.41) is 0. The number of halogens is 1. The highest BCUT2D eigenvalue weighted by Gasteiger charge is 2.26. The molecule has 0 fully saturated rings. The normalized spacial score (nSPS) is 21.1. The van der Waals surface area contributed by atoms with Crippen LogP contribution in [0.15, 0.2) is 72.8 Å². The van der Waals surface area contributed by atoms with Gasteiger partial charge in [0.15, 0.2) is 0 Å². The molecule has 5 rings (SSSR count). The first kappa shape index (κ1) is 22.1. The standard InChI is InChI=1S/C28H32N2.ClH/c1-29-16-14-23-10-3-5-12-25(23)27(29)19-21-8-7-9-22(18-21)20-28-26-13-6-4-11-24(26)15-17-30(28)2;/h3-13,18,27-28H,14-17,19-20H2,1-2H3;1H. The average molecular weight is 433 g/mol. The molecule has 0 aliphatic carbocycles. The maximum atomic E-state index is 2.53. The fourth-order valence-electron chi connectivity index (χ4n) is 5.42. The van der Waals surface area contributed by atoms with Crippen molar-refractivity contribution in [2.45, 2.75) is 37.8 Å². The van der Waals surface area contributed by atoms with Gasteiger partial charge in [0, 0.05) is 25.2 Å². The van der Waals surface area contributed by atoms with Crippen LogP contribution in [-0.2, 0) is 25.7 Å². The molecule has 0 spiro atoms. The molecule has 0 N–H and O–H groups in total. The van der Waals surface area contributed by atoms with Crippen LogP contribution in [0.25, 0.3) is 0 Å². The SMILES string of the molecule is CN1CCc2ccccc2C1Cc1cccc(CC2c3ccccc3CCN2C)c1.Cl. The maximum absolute atomic E-state index is 2.53. The van der Waals surface area contributed by atoms with Gasteiger partial charge in [0.2, 0.25) is 0 Å². The lowest BCUT2D eigenvalue weighted by Crippen LogP contribution is -2.33. The van der Waals surface area contributed by atoms with E-state index < -0.39 is 0 Å². The van der Waals surface area contributed by atoms with E-state index in [1.165, 1.54) is 33.4 Å². The summed E-state index contributed by atoms with van der Waals surface area (Å²) in [6.07, 6.45) is 4.49. The molecule has 2 aliphatic heterocycles. The third kappa shape index (κ3) is 4.57. The zero-order valence-corrected chi connectivity index (χ0v) is 19.4. The van der Waals surface area contributed by atoms with Crippen LogP contribution in [0.3, 0.4) is 0 Å². The lowest BCUT2D eigenvalue weighted by Gasteiger charge is -2.35. The van der Waals surface area contributed by atoms with E-state index in [0.29, 0.717) is 12.1 Å². The van der Waals surface area contributed by atoms with Gasteiger partial charge in [-0.2, -0.15) is 0 Å². The van der Waals surface area contributed by atoms with Crippen molar-refractivity contribution in [3.8, 4) is 0 Å². The van der Waals surface area contributed by atoms with Crippen LogP contribution >= 0.6 is 12.4 Å². The molecule has 0 saturated carbocycles. The third-order valence-corrected chi connectivity index (χ3v) is 7.21. The largest absolute Gasteiger partial charge is 0.299 e. The summed E-state index contributed by atoms with van der Waals surface area (Å²) >= 11 is 0. The molecule has 2 atom stereocenters. The van der Waals surface area contributed by atoms with Crippen LogP contribution in [0.5, 0.6) is 0 Å². The molecule has 3 heteroatoms. The summed E-state index contributed by atoms with van der Waals surface area (Å²) in [6.45, 7) is 2.29. The second-order valence-corrected chi connectivity index (χ2v) is 9.12. The molecule has 0 aromatic heterocycles. The summed E-state index contributed by atoms with van der Waals surface area (Å²) in [5.74, 6) is 0. The molecule has 0 saturated heterocycles. The van der Waals surface area contributed by atoms with Gasteiger partial charge in [-0.25, -0.2) is 0 Å². The van der Waals surface area contributed by atoms with Crippen LogP contribution < -0.4 is 0 Å². The lowest BCUT2D eigenvalue weighted by molar-refractivity contribution is 0.228. The van der Waals surface area contributed by atoms with E-state index in [1.807, 2.05) is 0 Å². The monoisotopic (exact) mass is 432 g/mol. The molecular formula is C28H33ClN2. The number of likely N-dealkylation sites (N-methyl/N-ethyl adjacent to an activating group) is 2. The van der Waals surface area contributed by atoms with Gasteiger partial charge in [0.1, 0.15) is 0 Å². The van der Waals surface area contributed by atoms with E-state index >= 15 is 0 Å². The van der Waals surface area contributed by atoms with Crippen LogP contribution in [0.2, 0.25) is 0 Å². The van der Waals surface area contributed by atoms with Gasteiger partial charge in [-0.05, 0) is 73.2 Å². The van der Waals surface area contributed by atoms with E-state index in [4.69, 9.17) is 0 Å². The smallest absolute Gasteiger partial charge is 0.0388 e. The van der Waals surface area contributed by atoms with Crippen LogP contribution in [-0.4, -0.2) is 37.0 Å². The van der Waals surface area contributed by atoms with Gasteiger partial charge in [0.05, 0.1) is 0 Å². The van der Waals surface area contributed by atoms with Crippen molar-refractivity contribution in [1.82, 2.24) is 9.80 Å². The second-order valence-electron chi connectivity index (χ2n) is 9.12. The summed E-state index contributed by atoms with van der Waals surface area (Å²) in [7, 11) is 4.55. The number of rotatable bonds is 4. The number of hydrogen-bond acceptors (Lipinski definition) is 2.